The van der Waals surface area contributed by atoms with Crippen molar-refractivity contribution in [3.05, 3.63) is 73.5 Å². The first-order chi connectivity index (χ1) is 14.4. The third kappa shape index (κ3) is 3.08. The van der Waals surface area contributed by atoms with Crippen LogP contribution in [0.3, 0.4) is 0 Å². The van der Waals surface area contributed by atoms with Crippen LogP contribution in [0.1, 0.15) is 41.3 Å². The lowest BCUT2D eigenvalue weighted by Gasteiger charge is -2.29. The minimum Gasteiger partial charge on any atom is -0.504 e. The molecule has 0 unspecified atom stereocenters. The van der Waals surface area contributed by atoms with Crippen molar-refractivity contribution in [1.82, 2.24) is 5.32 Å². The van der Waals surface area contributed by atoms with Crippen LogP contribution in [-0.4, -0.2) is 30.6 Å². The monoisotopic (exact) mass is 517 g/mol. The summed E-state index contributed by atoms with van der Waals surface area (Å²) < 4.78 is 11.2. The second-order valence-corrected chi connectivity index (χ2v) is 8.20. The number of rotatable bonds is 4. The van der Waals surface area contributed by atoms with E-state index in [1.54, 1.807) is 25.1 Å². The zero-order chi connectivity index (χ0) is 21.6. The second kappa shape index (κ2) is 7.79. The summed E-state index contributed by atoms with van der Waals surface area (Å²) in [6.45, 7) is 3.99. The zero-order valence-electron chi connectivity index (χ0n) is 16.7. The Morgan fingerprint density at radius 3 is 2.60 bits per heavy atom. The van der Waals surface area contributed by atoms with Crippen LogP contribution in [0.2, 0.25) is 0 Å². The van der Waals surface area contributed by atoms with Crippen LogP contribution >= 0.6 is 22.6 Å². The molecule has 1 aliphatic heterocycles. The molecule has 0 fully saturated rings. The van der Waals surface area contributed by atoms with Gasteiger partial charge in [-0.15, -0.1) is 0 Å². The molecule has 6 nitrogen and oxygen atoms in total. The minimum atomic E-state index is -0.651. The van der Waals surface area contributed by atoms with E-state index < -0.39 is 11.9 Å². The first kappa shape index (κ1) is 20.5. The van der Waals surface area contributed by atoms with Crippen molar-refractivity contribution in [3.8, 4) is 11.5 Å². The Labute approximate surface area is 187 Å². The molecule has 0 radical (unpaired) electrons. The van der Waals surface area contributed by atoms with E-state index in [4.69, 9.17) is 9.47 Å². The van der Waals surface area contributed by atoms with Crippen LogP contribution in [0.15, 0.2) is 53.2 Å². The molecule has 0 saturated carbocycles. The van der Waals surface area contributed by atoms with Gasteiger partial charge in [-0.25, -0.2) is 4.79 Å². The summed E-state index contributed by atoms with van der Waals surface area (Å²) >= 11 is 2.02. The Kier molecular flexibility index (Phi) is 5.31. The van der Waals surface area contributed by atoms with E-state index in [2.05, 4.69) is 5.32 Å². The highest BCUT2D eigenvalue weighted by molar-refractivity contribution is 14.1. The number of carbonyl (C=O) groups excluding carboxylic acids is 2. The molecule has 2 aliphatic rings. The van der Waals surface area contributed by atoms with Gasteiger partial charge in [0.2, 0.25) is 0 Å². The Hall–Kier alpha value is -2.81. The molecule has 7 heteroatoms. The van der Waals surface area contributed by atoms with Gasteiger partial charge >= 0.3 is 5.97 Å². The highest BCUT2D eigenvalue weighted by Gasteiger charge is 2.43. The first-order valence-electron chi connectivity index (χ1n) is 9.48. The predicted molar refractivity (Wildman–Crippen MR) is 120 cm³/mol. The lowest BCUT2D eigenvalue weighted by molar-refractivity contribution is -0.136. The van der Waals surface area contributed by atoms with Gasteiger partial charge in [-0.05, 0) is 54.1 Å². The zero-order valence-corrected chi connectivity index (χ0v) is 18.9. The number of halogens is 1. The number of aromatic hydroxyl groups is 1. The molecule has 0 bridgehead atoms. The number of benzene rings is 2. The van der Waals surface area contributed by atoms with Gasteiger partial charge in [0.25, 0.3) is 0 Å². The van der Waals surface area contributed by atoms with Gasteiger partial charge in [0.15, 0.2) is 17.3 Å². The summed E-state index contributed by atoms with van der Waals surface area (Å²) in [6.07, 6.45) is 0. The Balaban J connectivity index is 1.97. The number of phenolic OH excluding ortho intramolecular Hbond substituents is 1. The number of fused-ring (bicyclic) bond motifs is 2. The molecule has 0 aromatic heterocycles. The maximum absolute atomic E-state index is 13.4. The second-order valence-electron chi connectivity index (χ2n) is 7.03. The van der Waals surface area contributed by atoms with E-state index in [0.29, 0.717) is 49.6 Å². The number of phenols is 1. The number of esters is 1. The molecule has 2 N–H and O–H groups in total. The van der Waals surface area contributed by atoms with Crippen molar-refractivity contribution in [1.29, 1.82) is 0 Å². The lowest BCUT2D eigenvalue weighted by atomic mass is 9.79. The van der Waals surface area contributed by atoms with Crippen LogP contribution in [0.5, 0.6) is 11.5 Å². The van der Waals surface area contributed by atoms with Gasteiger partial charge in [-0.2, -0.15) is 0 Å². The summed E-state index contributed by atoms with van der Waals surface area (Å²) in [6, 6.07) is 10.8. The number of methoxy groups -OCH3 is 1. The average Bonchev–Trinajstić information content (AvgIpc) is 3.02. The topological polar surface area (TPSA) is 84.9 Å². The van der Waals surface area contributed by atoms with Crippen molar-refractivity contribution >= 4 is 40.0 Å². The third-order valence-corrected chi connectivity index (χ3v) is 6.16. The van der Waals surface area contributed by atoms with E-state index in [1.165, 1.54) is 7.11 Å². The number of Topliss-reactive ketones (excluding diaryl/α,β-unsaturated/α-hetero) is 1. The summed E-state index contributed by atoms with van der Waals surface area (Å²) in [7, 11) is 1.32. The van der Waals surface area contributed by atoms with E-state index >= 15 is 0 Å². The number of dihydropyridines is 1. The van der Waals surface area contributed by atoms with Gasteiger partial charge in [0.05, 0.1) is 28.6 Å². The maximum Gasteiger partial charge on any atom is 0.336 e. The summed E-state index contributed by atoms with van der Waals surface area (Å²) in [5.74, 6) is -0.952. The van der Waals surface area contributed by atoms with Crippen LogP contribution in [0.25, 0.3) is 5.70 Å². The molecular formula is C23H20INO5. The molecular weight excluding hydrogens is 497 g/mol. The predicted octanol–water partition coefficient (Wildman–Crippen LogP) is 4.14. The molecule has 154 valence electrons. The van der Waals surface area contributed by atoms with Gasteiger partial charge in [-0.3, -0.25) is 4.79 Å². The number of allylic oxidation sites excluding steroid dienone is 2. The molecule has 2 aromatic carbocycles. The van der Waals surface area contributed by atoms with E-state index in [1.807, 2.05) is 47.7 Å². The van der Waals surface area contributed by atoms with Crippen LogP contribution in [0.4, 0.5) is 0 Å². The fourth-order valence-corrected chi connectivity index (χ4v) is 4.69. The molecule has 1 atom stereocenters. The van der Waals surface area contributed by atoms with Gasteiger partial charge in [0, 0.05) is 28.3 Å². The number of ether oxygens (including phenoxy) is 2. The van der Waals surface area contributed by atoms with Crippen molar-refractivity contribution in [2.24, 2.45) is 0 Å². The highest BCUT2D eigenvalue weighted by atomic mass is 127. The number of hydrogen-bond acceptors (Lipinski definition) is 6. The van der Waals surface area contributed by atoms with Gasteiger partial charge in [-0.1, -0.05) is 24.3 Å². The molecule has 1 aliphatic carbocycles. The standard InChI is InChI=1S/C23H20INO5/c1-4-30-16-10-12(9-15(24)22(16)27)18-17(23(28)29-3)11(2)25-20-13-7-5-6-8-14(13)21(26)19(18)20/h5-10,18,25,27H,4H2,1-3H3/t18-/m1/s1. The molecule has 4 rings (SSSR count). The van der Waals surface area contributed by atoms with Crippen molar-refractivity contribution in [2.45, 2.75) is 19.8 Å². The fourth-order valence-electron chi connectivity index (χ4n) is 4.07. The number of carbonyl (C=O) groups is 2. The van der Waals surface area contributed by atoms with Crippen molar-refractivity contribution in [3.63, 3.8) is 0 Å². The van der Waals surface area contributed by atoms with Gasteiger partial charge in [0.1, 0.15) is 0 Å². The average molecular weight is 517 g/mol. The van der Waals surface area contributed by atoms with Crippen molar-refractivity contribution in [2.75, 3.05) is 13.7 Å². The molecule has 0 amide bonds. The molecule has 0 spiro atoms. The number of ketones is 1. The maximum atomic E-state index is 13.4. The third-order valence-electron chi connectivity index (χ3n) is 5.34. The van der Waals surface area contributed by atoms with E-state index in [9.17, 15) is 14.7 Å². The van der Waals surface area contributed by atoms with Crippen LogP contribution in [-0.2, 0) is 9.53 Å². The number of hydrogen-bond donors (Lipinski definition) is 2. The molecule has 1 heterocycles. The largest absolute Gasteiger partial charge is 0.504 e. The Morgan fingerprint density at radius 1 is 1.23 bits per heavy atom. The van der Waals surface area contributed by atoms with E-state index in [0.717, 1.165) is 5.56 Å². The van der Waals surface area contributed by atoms with Gasteiger partial charge < -0.3 is 19.9 Å². The lowest BCUT2D eigenvalue weighted by Crippen LogP contribution is -2.29. The Morgan fingerprint density at radius 2 is 1.93 bits per heavy atom. The summed E-state index contributed by atoms with van der Waals surface area (Å²) in [4.78, 5) is 26.1. The van der Waals surface area contributed by atoms with Crippen LogP contribution < -0.4 is 10.1 Å². The fraction of sp³-hybridized carbons (Fsp3) is 0.217. The minimum absolute atomic E-state index is 0.0330. The smallest absolute Gasteiger partial charge is 0.336 e. The van der Waals surface area contributed by atoms with Crippen molar-refractivity contribution < 1.29 is 24.2 Å². The van der Waals surface area contributed by atoms with E-state index in [-0.39, 0.29) is 11.5 Å². The SMILES string of the molecule is CCOc1cc([C@@H]2C(C(=O)OC)=C(C)NC3=C2C(=O)c2ccccc23)cc(I)c1O. The number of nitrogens with one attached hydrogen (secondary N) is 1. The highest BCUT2D eigenvalue weighted by Crippen LogP contribution is 2.48. The first-order valence-corrected chi connectivity index (χ1v) is 10.6. The molecule has 2 aromatic rings. The Bertz CT molecular complexity index is 1150. The van der Waals surface area contributed by atoms with Crippen LogP contribution in [0, 0.1) is 3.57 Å². The normalized spacial score (nSPS) is 17.5. The quantitative estimate of drug-likeness (QED) is 0.469. The summed E-state index contributed by atoms with van der Waals surface area (Å²) in [5.41, 5.74) is 4.26. The molecule has 30 heavy (non-hydrogen) atoms. The molecule has 0 saturated heterocycles. The summed E-state index contributed by atoms with van der Waals surface area (Å²) in [5, 5.41) is 13.6.